The first-order chi connectivity index (χ1) is 9.72. The van der Waals surface area contributed by atoms with Crippen molar-refractivity contribution in [1.82, 2.24) is 5.32 Å². The highest BCUT2D eigenvalue weighted by atomic mass is 79.9. The molecule has 0 radical (unpaired) electrons. The number of halogens is 1. The highest BCUT2D eigenvalue weighted by Crippen LogP contribution is 2.24. The summed E-state index contributed by atoms with van der Waals surface area (Å²) in [6, 6.07) is 9.03. The van der Waals surface area contributed by atoms with Crippen molar-refractivity contribution in [3.63, 3.8) is 0 Å². The van der Waals surface area contributed by atoms with Gasteiger partial charge in [-0.05, 0) is 51.6 Å². The van der Waals surface area contributed by atoms with Crippen LogP contribution < -0.4 is 5.32 Å². The molecule has 3 aromatic rings. The van der Waals surface area contributed by atoms with E-state index in [1.807, 2.05) is 29.0 Å². The van der Waals surface area contributed by atoms with E-state index in [-0.39, 0.29) is 11.7 Å². The van der Waals surface area contributed by atoms with E-state index in [0.717, 1.165) is 11.3 Å². The summed E-state index contributed by atoms with van der Waals surface area (Å²) in [6.45, 7) is 0.321. The van der Waals surface area contributed by atoms with Crippen molar-refractivity contribution in [2.45, 2.75) is 6.54 Å². The average Bonchev–Trinajstić information content (AvgIpc) is 3.16. The fourth-order valence-electron chi connectivity index (χ4n) is 1.72. The Hall–Kier alpha value is -1.79. The van der Waals surface area contributed by atoms with Crippen LogP contribution >= 0.6 is 27.3 Å². The molecule has 0 spiro atoms. The van der Waals surface area contributed by atoms with Crippen molar-refractivity contribution < 1.29 is 13.6 Å². The predicted octanol–water partition coefficient (Wildman–Crippen LogP) is 4.29. The molecule has 0 atom stereocenters. The number of hydrogen-bond donors (Lipinski definition) is 1. The Morgan fingerprint density at radius 3 is 2.80 bits per heavy atom. The summed E-state index contributed by atoms with van der Waals surface area (Å²) >= 11 is 4.77. The second-order valence-corrected chi connectivity index (χ2v) is 5.63. The van der Waals surface area contributed by atoms with Gasteiger partial charge < -0.3 is 14.2 Å². The highest BCUT2D eigenvalue weighted by molar-refractivity contribution is 9.10. The van der Waals surface area contributed by atoms with Crippen LogP contribution in [0.5, 0.6) is 0 Å². The number of thiophene rings is 1. The lowest BCUT2D eigenvalue weighted by molar-refractivity contribution is 0.0919. The topological polar surface area (TPSA) is 55.4 Å². The molecule has 6 heteroatoms. The molecular formula is C14H10BrNO3S. The molecule has 0 bridgehead atoms. The fourth-order valence-corrected chi connectivity index (χ4v) is 2.68. The van der Waals surface area contributed by atoms with E-state index in [9.17, 15) is 4.79 Å². The molecule has 20 heavy (non-hydrogen) atoms. The zero-order chi connectivity index (χ0) is 13.9. The molecule has 0 saturated carbocycles. The van der Waals surface area contributed by atoms with Crippen molar-refractivity contribution >= 4 is 33.2 Å². The number of nitrogens with one attached hydrogen (secondary N) is 1. The molecule has 3 heterocycles. The minimum Gasteiger partial charge on any atom is -0.459 e. The monoisotopic (exact) mass is 351 g/mol. The van der Waals surface area contributed by atoms with Crippen LogP contribution in [0.15, 0.2) is 54.6 Å². The third kappa shape index (κ3) is 2.86. The van der Waals surface area contributed by atoms with Gasteiger partial charge in [0, 0.05) is 10.9 Å². The normalized spacial score (nSPS) is 10.7. The molecule has 0 aliphatic heterocycles. The highest BCUT2D eigenvalue weighted by Gasteiger charge is 2.11. The van der Waals surface area contributed by atoms with Gasteiger partial charge in [-0.25, -0.2) is 0 Å². The Balaban J connectivity index is 1.63. The van der Waals surface area contributed by atoms with Gasteiger partial charge in [0.05, 0.1) is 6.54 Å². The van der Waals surface area contributed by atoms with Gasteiger partial charge in [0.25, 0.3) is 5.91 Å². The number of carbonyl (C=O) groups is 1. The van der Waals surface area contributed by atoms with Gasteiger partial charge in [0.1, 0.15) is 11.5 Å². The van der Waals surface area contributed by atoms with Crippen molar-refractivity contribution in [2.24, 2.45) is 0 Å². The first-order valence-corrected chi connectivity index (χ1v) is 7.61. The van der Waals surface area contributed by atoms with Crippen LogP contribution in [0.3, 0.4) is 0 Å². The summed E-state index contributed by atoms with van der Waals surface area (Å²) in [4.78, 5) is 11.8. The van der Waals surface area contributed by atoms with E-state index in [1.54, 1.807) is 23.5 Å². The van der Waals surface area contributed by atoms with E-state index in [2.05, 4.69) is 21.2 Å². The number of rotatable bonds is 4. The zero-order valence-corrected chi connectivity index (χ0v) is 12.7. The van der Waals surface area contributed by atoms with Gasteiger partial charge in [0.15, 0.2) is 10.4 Å². The summed E-state index contributed by atoms with van der Waals surface area (Å²) in [5.41, 5.74) is 1.04. The first kappa shape index (κ1) is 13.2. The van der Waals surface area contributed by atoms with Crippen LogP contribution in [0, 0.1) is 0 Å². The van der Waals surface area contributed by atoms with Gasteiger partial charge in [-0.2, -0.15) is 11.3 Å². The van der Waals surface area contributed by atoms with Crippen molar-refractivity contribution in [3.8, 4) is 11.3 Å². The maximum absolute atomic E-state index is 11.8. The van der Waals surface area contributed by atoms with E-state index < -0.39 is 0 Å². The molecule has 3 aromatic heterocycles. The molecule has 0 aliphatic carbocycles. The molecule has 0 saturated heterocycles. The molecule has 3 rings (SSSR count). The molecule has 1 amide bonds. The maximum Gasteiger partial charge on any atom is 0.287 e. The minimum atomic E-state index is -0.274. The van der Waals surface area contributed by atoms with Crippen LogP contribution in [0.4, 0.5) is 0 Å². The van der Waals surface area contributed by atoms with Crippen LogP contribution in [0.25, 0.3) is 11.3 Å². The van der Waals surface area contributed by atoms with Crippen molar-refractivity contribution in [3.05, 3.63) is 57.3 Å². The Kier molecular flexibility index (Phi) is 3.75. The Bertz CT molecular complexity index is 714. The third-order valence-corrected chi connectivity index (χ3v) is 3.80. The molecule has 0 aliphatic rings. The lowest BCUT2D eigenvalue weighted by Crippen LogP contribution is -2.21. The molecule has 0 aromatic carbocycles. The Morgan fingerprint density at radius 2 is 2.10 bits per heavy atom. The minimum absolute atomic E-state index is 0.265. The number of carbonyl (C=O) groups excluding carboxylic acids is 1. The van der Waals surface area contributed by atoms with Gasteiger partial charge in [0.2, 0.25) is 0 Å². The van der Waals surface area contributed by atoms with E-state index in [1.165, 1.54) is 0 Å². The van der Waals surface area contributed by atoms with Crippen LogP contribution in [-0.2, 0) is 6.54 Å². The largest absolute Gasteiger partial charge is 0.459 e. The van der Waals surface area contributed by atoms with Crippen LogP contribution in [0.1, 0.15) is 16.3 Å². The van der Waals surface area contributed by atoms with Crippen molar-refractivity contribution in [2.75, 3.05) is 0 Å². The molecule has 0 unspecified atom stereocenters. The fraction of sp³-hybridized carbons (Fsp3) is 0.0714. The summed E-state index contributed by atoms with van der Waals surface area (Å²) in [6.07, 6.45) is 0. The molecule has 4 nitrogen and oxygen atoms in total. The smallest absolute Gasteiger partial charge is 0.287 e. The number of hydrogen-bond acceptors (Lipinski definition) is 4. The first-order valence-electron chi connectivity index (χ1n) is 5.87. The van der Waals surface area contributed by atoms with E-state index in [4.69, 9.17) is 8.83 Å². The van der Waals surface area contributed by atoms with Crippen LogP contribution in [0.2, 0.25) is 0 Å². The van der Waals surface area contributed by atoms with E-state index in [0.29, 0.717) is 17.0 Å². The van der Waals surface area contributed by atoms with Gasteiger partial charge in [-0.15, -0.1) is 0 Å². The molecular weight excluding hydrogens is 342 g/mol. The molecule has 102 valence electrons. The Labute approximate surface area is 127 Å². The zero-order valence-electron chi connectivity index (χ0n) is 10.3. The molecule has 0 fully saturated rings. The molecule has 1 N–H and O–H groups in total. The van der Waals surface area contributed by atoms with E-state index >= 15 is 0 Å². The lowest BCUT2D eigenvalue weighted by Gasteiger charge is -2.00. The SMILES string of the molecule is O=C(NCc1ccc(-c2ccsc2)o1)c1ccc(Br)o1. The van der Waals surface area contributed by atoms with Gasteiger partial charge in [-0.1, -0.05) is 0 Å². The van der Waals surface area contributed by atoms with Crippen LogP contribution in [-0.4, -0.2) is 5.91 Å². The lowest BCUT2D eigenvalue weighted by atomic mass is 10.3. The van der Waals surface area contributed by atoms with Gasteiger partial charge in [-0.3, -0.25) is 4.79 Å². The number of amides is 1. The summed E-state index contributed by atoms with van der Waals surface area (Å²) in [7, 11) is 0. The second-order valence-electron chi connectivity index (χ2n) is 4.06. The third-order valence-electron chi connectivity index (χ3n) is 2.69. The summed E-state index contributed by atoms with van der Waals surface area (Å²) in [5.74, 6) is 1.49. The average molecular weight is 352 g/mol. The Morgan fingerprint density at radius 1 is 1.20 bits per heavy atom. The number of furan rings is 2. The van der Waals surface area contributed by atoms with Gasteiger partial charge >= 0.3 is 0 Å². The second kappa shape index (κ2) is 5.68. The standard InChI is InChI=1S/C14H10BrNO3S/c15-13-4-3-12(19-13)14(17)16-7-10-1-2-11(18-10)9-5-6-20-8-9/h1-6,8H,7H2,(H,16,17). The maximum atomic E-state index is 11.8. The quantitative estimate of drug-likeness (QED) is 0.762. The summed E-state index contributed by atoms with van der Waals surface area (Å²) in [5, 5.41) is 6.75. The summed E-state index contributed by atoms with van der Waals surface area (Å²) < 4.78 is 11.4. The van der Waals surface area contributed by atoms with Crippen molar-refractivity contribution in [1.29, 1.82) is 0 Å². The predicted molar refractivity (Wildman–Crippen MR) is 79.6 cm³/mol.